The molecular formula is C48H54F2N6O8. The molecule has 14 nitrogen and oxygen atoms in total. The Morgan fingerprint density at radius 1 is 0.562 bits per heavy atom. The highest BCUT2D eigenvalue weighted by atomic mass is 19.1. The number of amides is 2. The van der Waals surface area contributed by atoms with Crippen LogP contribution in [0.15, 0.2) is 84.9 Å². The molecule has 0 spiro atoms. The number of methoxy groups -OCH3 is 2. The molecule has 2 fully saturated rings. The van der Waals surface area contributed by atoms with Crippen LogP contribution in [0.5, 0.6) is 11.5 Å². The van der Waals surface area contributed by atoms with Crippen LogP contribution >= 0.6 is 0 Å². The third kappa shape index (κ3) is 9.34. The molecule has 2 saturated heterocycles. The van der Waals surface area contributed by atoms with Gasteiger partial charge in [0.15, 0.2) is 0 Å². The van der Waals surface area contributed by atoms with Gasteiger partial charge in [0.2, 0.25) is 11.2 Å². The summed E-state index contributed by atoms with van der Waals surface area (Å²) < 4.78 is 52.1. The first-order chi connectivity index (χ1) is 31.0. The van der Waals surface area contributed by atoms with E-state index in [2.05, 4.69) is 42.4 Å². The highest BCUT2D eigenvalue weighted by Gasteiger charge is 2.54. The Kier molecular flexibility index (Phi) is 13.3. The molecule has 4 aliphatic heterocycles. The van der Waals surface area contributed by atoms with Crippen LogP contribution in [0.4, 0.5) is 31.5 Å². The molecular weight excluding hydrogens is 827 g/mol. The lowest BCUT2D eigenvalue weighted by Crippen LogP contribution is -2.47. The van der Waals surface area contributed by atoms with Crippen LogP contribution in [0, 0.1) is 11.6 Å². The van der Waals surface area contributed by atoms with Crippen LogP contribution < -0.4 is 29.9 Å². The molecule has 0 aromatic heterocycles. The number of nitrogens with one attached hydrogen (secondary N) is 2. The summed E-state index contributed by atoms with van der Waals surface area (Å²) in [6, 6.07) is 23.2. The number of piperazine rings is 2. The maximum atomic E-state index is 14.8. The second kappa shape index (κ2) is 19.2. The number of carbonyl (C=O) groups is 4. The number of rotatable bonds is 16. The zero-order chi connectivity index (χ0) is 44.8. The van der Waals surface area contributed by atoms with Gasteiger partial charge in [-0.1, -0.05) is 12.1 Å². The number of ether oxygens (including phenoxy) is 4. The number of halogens is 2. The van der Waals surface area contributed by atoms with Gasteiger partial charge in [-0.2, -0.15) is 0 Å². The molecule has 2 atom stereocenters. The number of nitrogens with zero attached hydrogens (tertiary/aromatic N) is 4. The number of hydrogen-bond donors (Lipinski definition) is 2. The van der Waals surface area contributed by atoms with Gasteiger partial charge in [-0.15, -0.1) is 0 Å². The number of benzene rings is 4. The van der Waals surface area contributed by atoms with Gasteiger partial charge in [0.1, 0.15) is 23.1 Å². The zero-order valence-corrected chi connectivity index (χ0v) is 36.2. The molecule has 4 aromatic carbocycles. The van der Waals surface area contributed by atoms with E-state index in [1.165, 1.54) is 24.3 Å². The Balaban J connectivity index is 0.911. The van der Waals surface area contributed by atoms with Crippen molar-refractivity contribution in [1.29, 1.82) is 0 Å². The highest BCUT2D eigenvalue weighted by Crippen LogP contribution is 2.45. The molecule has 2 unspecified atom stereocenters. The van der Waals surface area contributed by atoms with E-state index >= 15 is 0 Å². The van der Waals surface area contributed by atoms with Crippen molar-refractivity contribution in [2.24, 2.45) is 0 Å². The van der Waals surface area contributed by atoms with Crippen LogP contribution in [0.1, 0.15) is 49.7 Å². The lowest BCUT2D eigenvalue weighted by molar-refractivity contribution is -0.189. The molecule has 4 aromatic rings. The highest BCUT2D eigenvalue weighted by molar-refractivity contribution is 6.31. The van der Waals surface area contributed by atoms with E-state index in [4.69, 9.17) is 18.9 Å². The van der Waals surface area contributed by atoms with Gasteiger partial charge in [-0.3, -0.25) is 19.4 Å². The average Bonchev–Trinajstić information content (AvgIpc) is 3.73. The Bertz CT molecular complexity index is 2210. The van der Waals surface area contributed by atoms with Crippen molar-refractivity contribution in [2.45, 2.75) is 49.7 Å². The maximum absolute atomic E-state index is 14.8. The van der Waals surface area contributed by atoms with Gasteiger partial charge >= 0.3 is 11.9 Å². The molecule has 2 N–H and O–H groups in total. The van der Waals surface area contributed by atoms with Crippen LogP contribution in [-0.2, 0) is 39.9 Å². The quantitative estimate of drug-likeness (QED) is 0.0770. The zero-order valence-electron chi connectivity index (χ0n) is 36.2. The van der Waals surface area contributed by atoms with E-state index in [1.807, 2.05) is 36.4 Å². The minimum Gasteiger partial charge on any atom is -0.497 e. The number of hydrogen-bond acceptors (Lipinski definition) is 12. The van der Waals surface area contributed by atoms with E-state index in [1.54, 1.807) is 14.2 Å². The molecule has 0 radical (unpaired) electrons. The summed E-state index contributed by atoms with van der Waals surface area (Å²) in [5.74, 6) is -4.27. The van der Waals surface area contributed by atoms with Gasteiger partial charge in [0.25, 0.3) is 11.8 Å². The fraction of sp³-hybridized carbons (Fsp3) is 0.417. The van der Waals surface area contributed by atoms with Crippen molar-refractivity contribution in [2.75, 3.05) is 100 Å². The second-order valence-corrected chi connectivity index (χ2v) is 16.7. The van der Waals surface area contributed by atoms with Gasteiger partial charge in [0, 0.05) is 111 Å². The number of carbonyl (C=O) groups excluding carboxylic acids is 4. The summed E-state index contributed by atoms with van der Waals surface area (Å²) in [5.41, 5.74) is -1.28. The molecule has 0 saturated carbocycles. The Morgan fingerprint density at radius 3 is 1.36 bits per heavy atom. The largest absolute Gasteiger partial charge is 0.497 e. The first-order valence-electron chi connectivity index (χ1n) is 21.9. The predicted molar refractivity (Wildman–Crippen MR) is 237 cm³/mol. The maximum Gasteiger partial charge on any atom is 0.418 e. The Hall–Kier alpha value is -6.26. The van der Waals surface area contributed by atoms with Crippen molar-refractivity contribution in [3.63, 3.8) is 0 Å². The fourth-order valence-corrected chi connectivity index (χ4v) is 9.30. The molecule has 338 valence electrons. The SMILES string of the molecule is COc1cccc(N2CCN(CCCCC3(OC(=O)C(=O)OC4(CCCCN5CCN(c6cccc(OC)c6)CC5)C(=O)Nc5ccc(F)cc54)C(=O)Nc4ccc(F)cc43)CC2)c1. The molecule has 16 heteroatoms. The molecule has 2 amide bonds. The van der Waals surface area contributed by atoms with Gasteiger partial charge in [-0.05, 0) is 99.4 Å². The molecule has 0 aliphatic carbocycles. The Morgan fingerprint density at radius 2 is 0.969 bits per heavy atom. The topological polar surface area (TPSA) is 142 Å². The van der Waals surface area contributed by atoms with Gasteiger partial charge < -0.3 is 39.4 Å². The third-order valence-electron chi connectivity index (χ3n) is 12.9. The van der Waals surface area contributed by atoms with Crippen LogP contribution in [-0.4, -0.2) is 113 Å². The van der Waals surface area contributed by atoms with Crippen molar-refractivity contribution >= 4 is 46.5 Å². The molecule has 8 rings (SSSR count). The van der Waals surface area contributed by atoms with Gasteiger partial charge in [-0.25, -0.2) is 18.4 Å². The third-order valence-corrected chi connectivity index (χ3v) is 12.9. The van der Waals surface area contributed by atoms with Crippen molar-refractivity contribution in [3.8, 4) is 11.5 Å². The minimum absolute atomic E-state index is 0.0500. The summed E-state index contributed by atoms with van der Waals surface area (Å²) in [6.07, 6.45) is 1.90. The smallest absolute Gasteiger partial charge is 0.418 e. The summed E-state index contributed by atoms with van der Waals surface area (Å²) >= 11 is 0. The van der Waals surface area contributed by atoms with Crippen LogP contribution in [0.25, 0.3) is 0 Å². The van der Waals surface area contributed by atoms with Crippen molar-refractivity contribution in [1.82, 2.24) is 9.80 Å². The van der Waals surface area contributed by atoms with Crippen molar-refractivity contribution < 1.29 is 46.9 Å². The average molecular weight is 881 g/mol. The van der Waals surface area contributed by atoms with Gasteiger partial charge in [0.05, 0.1) is 14.2 Å². The van der Waals surface area contributed by atoms with E-state index in [0.717, 1.165) is 87.4 Å². The summed E-state index contributed by atoms with van der Waals surface area (Å²) in [7, 11) is 3.29. The number of esters is 2. The van der Waals surface area contributed by atoms with E-state index in [9.17, 15) is 28.0 Å². The lowest BCUT2D eigenvalue weighted by Gasteiger charge is -2.36. The first-order valence-corrected chi connectivity index (χ1v) is 21.9. The molecule has 0 bridgehead atoms. The number of unbranched alkanes of at least 4 members (excludes halogenated alkanes) is 2. The predicted octanol–water partition coefficient (Wildman–Crippen LogP) is 6.05. The van der Waals surface area contributed by atoms with Crippen LogP contribution in [0.3, 0.4) is 0 Å². The first kappa shape index (κ1) is 44.4. The summed E-state index contributed by atoms with van der Waals surface area (Å²) in [5, 5.41) is 5.37. The normalized spacial score (nSPS) is 20.9. The summed E-state index contributed by atoms with van der Waals surface area (Å²) in [6.45, 7) is 7.87. The molecule has 64 heavy (non-hydrogen) atoms. The lowest BCUT2D eigenvalue weighted by atomic mass is 9.88. The van der Waals surface area contributed by atoms with Crippen LogP contribution in [0.2, 0.25) is 0 Å². The van der Waals surface area contributed by atoms with E-state index in [0.29, 0.717) is 38.8 Å². The monoisotopic (exact) mass is 880 g/mol. The standard InChI is InChI=1S/C48H54F2N6O8/c1-61-37-11-7-9-35(31-37)55-25-21-53(22-26-55)19-5-3-17-47(39-29-33(49)13-15-41(39)51-45(47)59)63-43(57)44(58)64-48(40-30-34(50)14-16-42(40)52-46(48)60)18-4-6-20-54-23-27-56(28-24-54)36-10-8-12-38(32-36)62-2/h7-16,29-32H,3-6,17-28H2,1-2H3,(H,51,59)(H,52,60). The fourth-order valence-electron chi connectivity index (χ4n) is 9.30. The summed E-state index contributed by atoms with van der Waals surface area (Å²) in [4.78, 5) is 64.7. The number of fused-ring (bicyclic) bond motifs is 2. The van der Waals surface area contributed by atoms with Crippen molar-refractivity contribution in [3.05, 3.63) is 108 Å². The second-order valence-electron chi connectivity index (χ2n) is 16.7. The minimum atomic E-state index is -2.05. The number of anilines is 4. The van der Waals surface area contributed by atoms with E-state index in [-0.39, 0.29) is 35.3 Å². The Labute approximate surface area is 371 Å². The van der Waals surface area contributed by atoms with E-state index < -0.39 is 46.6 Å². The molecule has 4 aliphatic rings. The molecule has 4 heterocycles.